The van der Waals surface area contributed by atoms with Crippen molar-refractivity contribution >= 4 is 17.5 Å². The number of fused-ring (bicyclic) bond motifs is 1. The number of hydrogen-bond acceptors (Lipinski definition) is 3. The van der Waals surface area contributed by atoms with Gasteiger partial charge in [0.15, 0.2) is 0 Å². The summed E-state index contributed by atoms with van der Waals surface area (Å²) in [7, 11) is 3.83. The monoisotopic (exact) mass is 419 g/mol. The molecule has 4 rings (SSSR count). The predicted molar refractivity (Wildman–Crippen MR) is 119 cm³/mol. The van der Waals surface area contributed by atoms with Crippen LogP contribution in [0.3, 0.4) is 0 Å². The maximum absolute atomic E-state index is 13.4. The summed E-state index contributed by atoms with van der Waals surface area (Å²) >= 11 is 6.32. The number of nitrogens with zero attached hydrogens (tertiary/aromatic N) is 3. The smallest absolute Gasteiger partial charge is 0.325 e. The number of quaternary nitrogens is 1. The lowest BCUT2D eigenvalue weighted by Gasteiger charge is -2.35. The van der Waals surface area contributed by atoms with Gasteiger partial charge in [0.1, 0.15) is 12.6 Å². The molecule has 2 unspecified atom stereocenters. The van der Waals surface area contributed by atoms with Gasteiger partial charge in [-0.15, -0.1) is 6.42 Å². The second kappa shape index (κ2) is 7.73. The fourth-order valence-corrected chi connectivity index (χ4v) is 4.66. The van der Waals surface area contributed by atoms with E-state index >= 15 is 0 Å². The molecule has 2 aromatic carbocycles. The lowest BCUT2D eigenvalue weighted by atomic mass is 10.0. The van der Waals surface area contributed by atoms with Gasteiger partial charge in [0.05, 0.1) is 29.5 Å². The van der Waals surface area contributed by atoms with Gasteiger partial charge in [0.25, 0.3) is 0 Å². The minimum atomic E-state index is -0.0540. The molecule has 0 bridgehead atoms. The van der Waals surface area contributed by atoms with Gasteiger partial charge >= 0.3 is 5.91 Å². The van der Waals surface area contributed by atoms with Gasteiger partial charge in [0.2, 0.25) is 0 Å². The summed E-state index contributed by atoms with van der Waals surface area (Å²) in [4.78, 5) is 13.4. The van der Waals surface area contributed by atoms with Crippen molar-refractivity contribution in [2.45, 2.75) is 19.0 Å². The molecule has 6 heteroatoms. The first-order chi connectivity index (χ1) is 14.4. The van der Waals surface area contributed by atoms with Crippen molar-refractivity contribution in [3.63, 3.8) is 0 Å². The molecule has 0 fully saturated rings. The van der Waals surface area contributed by atoms with Gasteiger partial charge in [-0.3, -0.25) is 9.16 Å². The fourth-order valence-electron chi connectivity index (χ4n) is 4.39. The summed E-state index contributed by atoms with van der Waals surface area (Å²) in [6, 6.07) is 13.7. The molecule has 0 saturated heterocycles. The molecule has 3 aromatic rings. The van der Waals surface area contributed by atoms with Crippen LogP contribution >= 0.6 is 11.6 Å². The first kappa shape index (κ1) is 20.4. The number of aromatic nitrogens is 2. The van der Waals surface area contributed by atoms with Crippen LogP contribution in [0.5, 0.6) is 0 Å². The number of carbonyl (C=O) groups excluding carboxylic acids is 1. The van der Waals surface area contributed by atoms with Crippen molar-refractivity contribution in [2.75, 3.05) is 13.6 Å². The van der Waals surface area contributed by atoms with Gasteiger partial charge < -0.3 is 5.73 Å². The predicted octanol–water partition coefficient (Wildman–Crippen LogP) is 3.39. The third kappa shape index (κ3) is 3.33. The Kier molecular flexibility index (Phi) is 5.25. The van der Waals surface area contributed by atoms with E-state index in [9.17, 15) is 4.79 Å². The number of benzene rings is 2. The highest BCUT2D eigenvalue weighted by atomic mass is 35.5. The SMILES string of the molecule is C#Cc1cccc(CC(CN)[N+]2(C)Cc3cc(-c4c(Cl)cnn4C)ccc3C2=O)c1. The Bertz CT molecular complexity index is 1160. The average Bonchev–Trinajstić information content (AvgIpc) is 3.21. The molecule has 2 N–H and O–H groups in total. The van der Waals surface area contributed by atoms with Crippen LogP contribution in [0, 0.1) is 12.3 Å². The number of aryl methyl sites for hydroxylation is 1. The van der Waals surface area contributed by atoms with E-state index in [1.807, 2.05) is 56.6 Å². The molecule has 5 nitrogen and oxygen atoms in total. The zero-order valence-electron chi connectivity index (χ0n) is 17.1. The molecule has 152 valence electrons. The van der Waals surface area contributed by atoms with E-state index in [2.05, 4.69) is 11.0 Å². The highest BCUT2D eigenvalue weighted by molar-refractivity contribution is 6.33. The third-order valence-corrected chi connectivity index (χ3v) is 6.39. The maximum atomic E-state index is 13.4. The van der Waals surface area contributed by atoms with Crippen LogP contribution in [0.15, 0.2) is 48.7 Å². The number of carbonyl (C=O) groups is 1. The first-order valence-corrected chi connectivity index (χ1v) is 10.2. The van der Waals surface area contributed by atoms with E-state index < -0.39 is 0 Å². The van der Waals surface area contributed by atoms with E-state index in [4.69, 9.17) is 23.8 Å². The van der Waals surface area contributed by atoms with Gasteiger partial charge in [-0.05, 0) is 29.8 Å². The summed E-state index contributed by atoms with van der Waals surface area (Å²) in [6.07, 6.45) is 7.85. The Hall–Kier alpha value is -2.91. The van der Waals surface area contributed by atoms with Gasteiger partial charge in [0, 0.05) is 36.7 Å². The Morgan fingerprint density at radius 3 is 2.80 bits per heavy atom. The topological polar surface area (TPSA) is 60.9 Å². The van der Waals surface area contributed by atoms with Crippen molar-refractivity contribution in [1.82, 2.24) is 9.78 Å². The Labute approximate surface area is 181 Å². The van der Waals surface area contributed by atoms with E-state index in [1.165, 1.54) is 0 Å². The van der Waals surface area contributed by atoms with E-state index in [0.717, 1.165) is 33.5 Å². The lowest BCUT2D eigenvalue weighted by Crippen LogP contribution is -2.56. The van der Waals surface area contributed by atoms with Gasteiger partial charge in [-0.2, -0.15) is 5.10 Å². The highest BCUT2D eigenvalue weighted by Crippen LogP contribution is 2.36. The highest BCUT2D eigenvalue weighted by Gasteiger charge is 2.47. The molecule has 0 aliphatic carbocycles. The number of rotatable bonds is 5. The molecule has 1 aliphatic rings. The summed E-state index contributed by atoms with van der Waals surface area (Å²) < 4.78 is 1.99. The van der Waals surface area contributed by atoms with Crippen LogP contribution in [0.4, 0.5) is 0 Å². The van der Waals surface area contributed by atoms with E-state index in [0.29, 0.717) is 24.5 Å². The Balaban J connectivity index is 1.66. The molecular formula is C24H24ClN4O+. The van der Waals surface area contributed by atoms with Crippen LogP contribution in [0.1, 0.15) is 27.0 Å². The lowest BCUT2D eigenvalue weighted by molar-refractivity contribution is -0.862. The molecule has 2 atom stereocenters. The minimum Gasteiger partial charge on any atom is -0.325 e. The molecule has 0 saturated carbocycles. The Morgan fingerprint density at radius 2 is 2.13 bits per heavy atom. The first-order valence-electron chi connectivity index (χ1n) is 9.84. The van der Waals surface area contributed by atoms with E-state index in [1.54, 1.807) is 10.9 Å². The van der Waals surface area contributed by atoms with Crippen LogP contribution in [0.2, 0.25) is 5.02 Å². The zero-order valence-corrected chi connectivity index (χ0v) is 17.9. The fraction of sp³-hybridized carbons (Fsp3) is 0.250. The number of nitrogens with two attached hydrogens (primary N) is 1. The van der Waals surface area contributed by atoms with Crippen molar-refractivity contribution in [1.29, 1.82) is 0 Å². The third-order valence-electron chi connectivity index (χ3n) is 6.11. The molecule has 0 spiro atoms. The van der Waals surface area contributed by atoms with Gasteiger partial charge in [-0.1, -0.05) is 35.7 Å². The van der Waals surface area contributed by atoms with Crippen LogP contribution in [-0.4, -0.2) is 39.8 Å². The second-order valence-corrected chi connectivity index (χ2v) is 8.41. The summed E-state index contributed by atoms with van der Waals surface area (Å²) in [5.74, 6) is 2.76. The van der Waals surface area contributed by atoms with Crippen LogP contribution < -0.4 is 5.73 Å². The van der Waals surface area contributed by atoms with Gasteiger partial charge in [-0.25, -0.2) is 4.79 Å². The van der Waals surface area contributed by atoms with Crippen LogP contribution in [-0.2, 0) is 20.0 Å². The van der Waals surface area contributed by atoms with Crippen molar-refractivity contribution in [2.24, 2.45) is 12.8 Å². The second-order valence-electron chi connectivity index (χ2n) is 8.01. The molecule has 1 amide bonds. The maximum Gasteiger partial charge on any atom is 0.346 e. The Morgan fingerprint density at radius 1 is 1.33 bits per heavy atom. The molecule has 1 aromatic heterocycles. The van der Waals surface area contributed by atoms with Crippen LogP contribution in [0.25, 0.3) is 11.3 Å². The summed E-state index contributed by atoms with van der Waals surface area (Å²) in [6.45, 7) is 0.991. The minimum absolute atomic E-state index is 0.0540. The molecule has 30 heavy (non-hydrogen) atoms. The molecular weight excluding hydrogens is 396 g/mol. The number of hydrogen-bond donors (Lipinski definition) is 1. The number of amides is 1. The summed E-state index contributed by atoms with van der Waals surface area (Å²) in [5.41, 5.74) is 11.6. The molecule has 1 aliphatic heterocycles. The summed E-state index contributed by atoms with van der Waals surface area (Å²) in [5, 5.41) is 4.81. The van der Waals surface area contributed by atoms with Crippen molar-refractivity contribution in [3.8, 4) is 23.6 Å². The zero-order chi connectivity index (χ0) is 21.5. The number of likely N-dealkylation sites (N-methyl/N-ethyl adjacent to an activating group) is 1. The average molecular weight is 420 g/mol. The molecule has 2 heterocycles. The number of halogens is 1. The molecule has 0 radical (unpaired) electrons. The van der Waals surface area contributed by atoms with Crippen molar-refractivity contribution < 1.29 is 9.28 Å². The normalized spacial score (nSPS) is 18.8. The quantitative estimate of drug-likeness (QED) is 0.509. The largest absolute Gasteiger partial charge is 0.346 e. The number of terminal acetylenes is 1. The van der Waals surface area contributed by atoms with Crippen molar-refractivity contribution in [3.05, 3.63) is 75.9 Å². The van der Waals surface area contributed by atoms with E-state index in [-0.39, 0.29) is 16.4 Å². The standard InChI is InChI=1S/C24H24ClN4O/c1-4-16-6-5-7-17(10-16)11-20(13-26)29(3)15-19-12-18(8-9-21(19)24(29)30)23-22(25)14-27-28(23)2/h1,5-10,12,14,20H,11,13,15,26H2,2-3H3/q+1.